The second-order valence-corrected chi connectivity index (χ2v) is 7.10. The van der Waals surface area contributed by atoms with E-state index in [0.717, 1.165) is 11.8 Å². The van der Waals surface area contributed by atoms with Crippen molar-refractivity contribution >= 4 is 11.9 Å². The standard InChI is InChI=1S/C18H18F3N3O3/c1-10-3-5-12(6-4-10)24-14(18(19,20)21)13(9-22-24)15(25)23-11-7-17(2,8-11)16(26)27/h3-6,9,11H,7-8H2,1-2H3,(H,23,25)(H,26,27). The van der Waals surface area contributed by atoms with Crippen LogP contribution in [0.5, 0.6) is 0 Å². The fraction of sp³-hybridized carbons (Fsp3) is 0.389. The number of hydrogen-bond donors (Lipinski definition) is 2. The number of carbonyl (C=O) groups excluding carboxylic acids is 1. The average Bonchev–Trinajstić information content (AvgIpc) is 2.99. The Morgan fingerprint density at radius 1 is 1.26 bits per heavy atom. The molecule has 1 fully saturated rings. The number of aryl methyl sites for hydroxylation is 1. The maximum Gasteiger partial charge on any atom is 0.434 e. The maximum absolute atomic E-state index is 13.6. The van der Waals surface area contributed by atoms with Crippen LogP contribution in [0.3, 0.4) is 0 Å². The first kappa shape index (κ1) is 18.9. The third-order valence-corrected chi connectivity index (χ3v) is 4.81. The highest BCUT2D eigenvalue weighted by Crippen LogP contribution is 2.41. The molecule has 0 aliphatic heterocycles. The van der Waals surface area contributed by atoms with Crippen molar-refractivity contribution < 1.29 is 27.9 Å². The lowest BCUT2D eigenvalue weighted by atomic mass is 9.67. The van der Waals surface area contributed by atoms with Crippen LogP contribution in [0, 0.1) is 12.3 Å². The van der Waals surface area contributed by atoms with Crippen molar-refractivity contribution in [1.29, 1.82) is 0 Å². The molecule has 0 unspecified atom stereocenters. The quantitative estimate of drug-likeness (QED) is 0.852. The van der Waals surface area contributed by atoms with E-state index in [1.807, 2.05) is 0 Å². The van der Waals surface area contributed by atoms with E-state index in [0.29, 0.717) is 4.68 Å². The predicted octanol–water partition coefficient (Wildman–Crippen LogP) is 3.18. The lowest BCUT2D eigenvalue weighted by Crippen LogP contribution is -2.53. The minimum Gasteiger partial charge on any atom is -0.481 e. The number of carboxylic acid groups (broad SMARTS) is 1. The molecule has 3 rings (SSSR count). The fourth-order valence-corrected chi connectivity index (χ4v) is 3.24. The van der Waals surface area contributed by atoms with E-state index in [9.17, 15) is 22.8 Å². The molecule has 1 aliphatic rings. The van der Waals surface area contributed by atoms with Gasteiger partial charge >= 0.3 is 12.1 Å². The second-order valence-electron chi connectivity index (χ2n) is 7.10. The molecule has 6 nitrogen and oxygen atoms in total. The van der Waals surface area contributed by atoms with E-state index in [4.69, 9.17) is 5.11 Å². The maximum atomic E-state index is 13.6. The van der Waals surface area contributed by atoms with Crippen molar-refractivity contribution in [1.82, 2.24) is 15.1 Å². The Labute approximate surface area is 153 Å². The molecule has 2 aromatic rings. The highest BCUT2D eigenvalue weighted by atomic mass is 19.4. The molecule has 1 amide bonds. The molecule has 1 saturated carbocycles. The Hall–Kier alpha value is -2.84. The summed E-state index contributed by atoms with van der Waals surface area (Å²) in [5.74, 6) is -1.91. The van der Waals surface area contributed by atoms with Crippen molar-refractivity contribution in [2.75, 3.05) is 0 Å². The van der Waals surface area contributed by atoms with Crippen LogP contribution >= 0.6 is 0 Å². The summed E-state index contributed by atoms with van der Waals surface area (Å²) in [6.07, 6.45) is -3.57. The Morgan fingerprint density at radius 2 is 1.85 bits per heavy atom. The SMILES string of the molecule is Cc1ccc(-n2ncc(C(=O)NC3CC(C)(C(=O)O)C3)c2C(F)(F)F)cc1. The van der Waals surface area contributed by atoms with Crippen LogP contribution in [0.1, 0.15) is 41.4 Å². The molecule has 9 heteroatoms. The lowest BCUT2D eigenvalue weighted by molar-refractivity contribution is -0.154. The van der Waals surface area contributed by atoms with Crippen LogP contribution in [0.15, 0.2) is 30.5 Å². The average molecular weight is 381 g/mol. The molecule has 0 radical (unpaired) electrons. The Bertz CT molecular complexity index is 881. The third-order valence-electron chi connectivity index (χ3n) is 4.81. The Morgan fingerprint density at radius 3 is 2.37 bits per heavy atom. The lowest BCUT2D eigenvalue weighted by Gasteiger charge is -2.41. The number of aromatic nitrogens is 2. The van der Waals surface area contributed by atoms with Gasteiger partial charge in [-0.25, -0.2) is 4.68 Å². The summed E-state index contributed by atoms with van der Waals surface area (Å²) in [5.41, 5.74) is -1.65. The van der Waals surface area contributed by atoms with Gasteiger partial charge in [0.05, 0.1) is 22.9 Å². The van der Waals surface area contributed by atoms with E-state index >= 15 is 0 Å². The number of amides is 1. The molecule has 0 atom stereocenters. The molecular weight excluding hydrogens is 363 g/mol. The molecule has 1 aromatic carbocycles. The van der Waals surface area contributed by atoms with Crippen LogP contribution in [0.2, 0.25) is 0 Å². The highest BCUT2D eigenvalue weighted by Gasteiger charge is 2.48. The first-order valence-corrected chi connectivity index (χ1v) is 8.28. The van der Waals surface area contributed by atoms with E-state index in [-0.39, 0.29) is 18.5 Å². The number of rotatable bonds is 4. The van der Waals surface area contributed by atoms with Crippen molar-refractivity contribution in [3.8, 4) is 5.69 Å². The molecule has 1 heterocycles. The molecular formula is C18H18F3N3O3. The van der Waals surface area contributed by atoms with Crippen LogP contribution < -0.4 is 5.32 Å². The fourth-order valence-electron chi connectivity index (χ4n) is 3.24. The van der Waals surface area contributed by atoms with Crippen molar-refractivity contribution in [3.05, 3.63) is 47.3 Å². The van der Waals surface area contributed by atoms with Gasteiger partial charge in [0.25, 0.3) is 5.91 Å². The molecule has 0 spiro atoms. The summed E-state index contributed by atoms with van der Waals surface area (Å²) in [6, 6.07) is 5.80. The van der Waals surface area contributed by atoms with E-state index < -0.39 is 40.8 Å². The third kappa shape index (κ3) is 3.54. The normalized spacial score (nSPS) is 22.2. The van der Waals surface area contributed by atoms with Crippen molar-refractivity contribution in [2.24, 2.45) is 5.41 Å². The summed E-state index contributed by atoms with van der Waals surface area (Å²) in [4.78, 5) is 23.5. The van der Waals surface area contributed by atoms with E-state index in [2.05, 4.69) is 10.4 Å². The monoisotopic (exact) mass is 381 g/mol. The zero-order valence-corrected chi connectivity index (χ0v) is 14.7. The van der Waals surface area contributed by atoms with Crippen molar-refractivity contribution in [2.45, 2.75) is 38.9 Å². The van der Waals surface area contributed by atoms with Crippen LogP contribution in [-0.2, 0) is 11.0 Å². The van der Waals surface area contributed by atoms with Crippen LogP contribution in [-0.4, -0.2) is 32.8 Å². The number of benzene rings is 1. The number of nitrogens with one attached hydrogen (secondary N) is 1. The number of hydrogen-bond acceptors (Lipinski definition) is 3. The van der Waals surface area contributed by atoms with Crippen molar-refractivity contribution in [3.63, 3.8) is 0 Å². The zero-order valence-electron chi connectivity index (χ0n) is 14.7. The number of nitrogens with zero attached hydrogens (tertiary/aromatic N) is 2. The number of carboxylic acids is 1. The molecule has 0 saturated heterocycles. The van der Waals surface area contributed by atoms with Gasteiger partial charge in [0.2, 0.25) is 0 Å². The summed E-state index contributed by atoms with van der Waals surface area (Å²) < 4.78 is 41.5. The smallest absolute Gasteiger partial charge is 0.434 e. The molecule has 27 heavy (non-hydrogen) atoms. The first-order valence-electron chi connectivity index (χ1n) is 8.28. The van der Waals surface area contributed by atoms with Crippen LogP contribution in [0.25, 0.3) is 5.69 Å². The van der Waals surface area contributed by atoms with Crippen LogP contribution in [0.4, 0.5) is 13.2 Å². The van der Waals surface area contributed by atoms with Gasteiger partial charge in [-0.15, -0.1) is 0 Å². The van der Waals surface area contributed by atoms with Gasteiger partial charge in [0.15, 0.2) is 5.69 Å². The van der Waals surface area contributed by atoms with Gasteiger partial charge < -0.3 is 10.4 Å². The Kier molecular flexibility index (Phi) is 4.49. The number of alkyl halides is 3. The summed E-state index contributed by atoms with van der Waals surface area (Å²) in [6.45, 7) is 3.34. The van der Waals surface area contributed by atoms with Gasteiger partial charge in [-0.3, -0.25) is 9.59 Å². The van der Waals surface area contributed by atoms with Gasteiger partial charge in [0, 0.05) is 6.04 Å². The molecule has 1 aromatic heterocycles. The zero-order chi connectivity index (χ0) is 20.0. The Balaban J connectivity index is 1.87. The predicted molar refractivity (Wildman–Crippen MR) is 89.5 cm³/mol. The first-order chi connectivity index (χ1) is 12.5. The highest BCUT2D eigenvalue weighted by molar-refractivity contribution is 5.96. The van der Waals surface area contributed by atoms with Gasteiger partial charge in [0.1, 0.15) is 0 Å². The minimum atomic E-state index is -4.79. The molecule has 144 valence electrons. The molecule has 0 bridgehead atoms. The van der Waals surface area contributed by atoms with E-state index in [1.165, 1.54) is 19.1 Å². The number of aliphatic carboxylic acids is 1. The second kappa shape index (κ2) is 6.40. The largest absolute Gasteiger partial charge is 0.481 e. The summed E-state index contributed by atoms with van der Waals surface area (Å²) in [5, 5.41) is 15.3. The number of halogens is 3. The van der Waals surface area contributed by atoms with Gasteiger partial charge in [-0.1, -0.05) is 17.7 Å². The summed E-state index contributed by atoms with van der Waals surface area (Å²) >= 11 is 0. The number of carbonyl (C=O) groups is 2. The molecule has 1 aliphatic carbocycles. The summed E-state index contributed by atoms with van der Waals surface area (Å²) in [7, 11) is 0. The van der Waals surface area contributed by atoms with E-state index in [1.54, 1.807) is 19.1 Å². The topological polar surface area (TPSA) is 84.2 Å². The molecule has 2 N–H and O–H groups in total. The minimum absolute atomic E-state index is 0.168. The van der Waals surface area contributed by atoms with Gasteiger partial charge in [-0.2, -0.15) is 18.3 Å². The van der Waals surface area contributed by atoms with Gasteiger partial charge in [-0.05, 0) is 38.8 Å².